The van der Waals surface area contributed by atoms with Crippen molar-refractivity contribution in [3.63, 3.8) is 0 Å². The van der Waals surface area contributed by atoms with Gasteiger partial charge in [0, 0.05) is 0 Å². The van der Waals surface area contributed by atoms with Gasteiger partial charge in [-0.1, -0.05) is 0 Å². The van der Waals surface area contributed by atoms with Crippen LogP contribution < -0.4 is 32.8 Å². The van der Waals surface area contributed by atoms with Gasteiger partial charge in [-0.15, -0.1) is 0 Å². The van der Waals surface area contributed by atoms with Gasteiger partial charge in [0.25, 0.3) is 0 Å². The average molecular weight is 107 g/mol. The van der Waals surface area contributed by atoms with E-state index in [0.717, 1.165) is 0 Å². The first-order valence-electron chi connectivity index (χ1n) is 0.632. The zero-order valence-electron chi connectivity index (χ0n) is 3.05. The van der Waals surface area contributed by atoms with Crippen molar-refractivity contribution in [2.75, 3.05) is 0 Å². The van der Waals surface area contributed by atoms with Crippen LogP contribution in [-0.2, 0) is 0 Å². The van der Waals surface area contributed by atoms with Gasteiger partial charge >= 0.3 is 18.9 Å². The maximum Gasteiger partial charge on any atom is 1.00 e. The smallest absolute Gasteiger partial charge is 0.183 e. The molecule has 6 heteroatoms. The Labute approximate surface area is 48.3 Å². The quantitative estimate of drug-likeness (QED) is 0.312. The summed E-state index contributed by atoms with van der Waals surface area (Å²) in [6.45, 7) is 0. The van der Waals surface area contributed by atoms with Crippen molar-refractivity contribution in [1.29, 1.82) is 0 Å². The first kappa shape index (κ1) is 9.87. The van der Waals surface area contributed by atoms with E-state index in [2.05, 4.69) is 0 Å². The Kier molecular flexibility index (Phi) is 4.65. The van der Waals surface area contributed by atoms with Crippen molar-refractivity contribution in [3.05, 3.63) is 0 Å². The summed E-state index contributed by atoms with van der Waals surface area (Å²) in [6, 6.07) is 0. The normalized spacial score (nSPS) is 10.0. The molecular weight excluding hydrogens is 106 g/mol. The predicted molar refractivity (Wildman–Crippen MR) is 2.22 cm³/mol. The van der Waals surface area contributed by atoms with Crippen LogP contribution in [-0.4, -0.2) is 4.66 Å². The summed E-state index contributed by atoms with van der Waals surface area (Å²) in [5, 5.41) is 0. The van der Waals surface area contributed by atoms with Gasteiger partial charge in [-0.2, -0.15) is 14.0 Å². The molecule has 0 aliphatic rings. The van der Waals surface area contributed by atoms with Crippen LogP contribution in [0, 0.1) is 10.2 Å². The molecule has 0 atom stereocenters. The molecule has 0 saturated heterocycles. The van der Waals surface area contributed by atoms with Crippen LogP contribution in [0.2, 0.25) is 0 Å². The summed E-state index contributed by atoms with van der Waals surface area (Å²) in [7, 11) is -4.69. The maximum atomic E-state index is 8.60. The molecule has 6 heavy (non-hydrogen) atoms. The van der Waals surface area contributed by atoms with E-state index in [1.807, 2.05) is 0 Å². The largest absolute Gasteiger partial charge is 1.00 e. The van der Waals surface area contributed by atoms with Crippen molar-refractivity contribution >= 4 is 0 Å². The second kappa shape index (κ2) is 2.83. The van der Waals surface area contributed by atoms with Crippen LogP contribution in [0.5, 0.6) is 0 Å². The number of rotatable bonds is 0. The third-order valence-electron chi connectivity index (χ3n) is 0. The Balaban J connectivity index is 0. The Bertz CT molecular complexity index is 23.0. The van der Waals surface area contributed by atoms with Gasteiger partial charge in [0.2, 0.25) is 0 Å². The second-order valence-corrected chi connectivity index (χ2v) is 1.19. The van der Waals surface area contributed by atoms with Crippen LogP contribution in [0.3, 0.4) is 0 Å². The molecule has 0 spiro atoms. The molecular formula is HClLiO4+. The number of hydrogen-bond donors (Lipinski definition) is 1. The van der Waals surface area contributed by atoms with E-state index in [1.54, 1.807) is 0 Å². The topological polar surface area (TPSA) is 89.4 Å². The predicted octanol–water partition coefficient (Wildman–Crippen LogP) is -7.12. The van der Waals surface area contributed by atoms with E-state index in [-0.39, 0.29) is 18.9 Å². The monoisotopic (exact) mass is 107 g/mol. The fourth-order valence-corrected chi connectivity index (χ4v) is 0. The Morgan fingerprint density at radius 2 is 1.17 bits per heavy atom. The standard InChI is InChI=1S/ClHO4.Li/c2-1(3,4)5;/h(H,2,3,4,5);/q;+1. The van der Waals surface area contributed by atoms with Crippen LogP contribution in [0.15, 0.2) is 0 Å². The zero-order chi connectivity index (χ0) is 4.50. The van der Waals surface area contributed by atoms with Crippen molar-refractivity contribution < 1.29 is 47.7 Å². The van der Waals surface area contributed by atoms with E-state index in [9.17, 15) is 0 Å². The van der Waals surface area contributed by atoms with Crippen molar-refractivity contribution in [3.8, 4) is 0 Å². The SMILES string of the molecule is [Li+].[O-][Cl+3]([O-])([O-])O. The summed E-state index contributed by atoms with van der Waals surface area (Å²) in [4.78, 5) is 0. The van der Waals surface area contributed by atoms with Gasteiger partial charge in [0.1, 0.15) is 0 Å². The molecule has 0 aromatic carbocycles. The van der Waals surface area contributed by atoms with Crippen LogP contribution in [0.25, 0.3) is 0 Å². The molecule has 0 radical (unpaired) electrons. The minimum atomic E-state index is -4.69. The first-order valence-corrected chi connectivity index (χ1v) is 1.90. The third kappa shape index (κ3) is 124. The minimum Gasteiger partial charge on any atom is -0.183 e. The van der Waals surface area contributed by atoms with Gasteiger partial charge in [-0.25, -0.2) is 0 Å². The van der Waals surface area contributed by atoms with Crippen molar-refractivity contribution in [2.24, 2.45) is 0 Å². The van der Waals surface area contributed by atoms with Gasteiger partial charge in [-0.3, -0.25) is 0 Å². The fraction of sp³-hybridized carbons (Fsp3) is 0. The van der Waals surface area contributed by atoms with Crippen LogP contribution >= 0.6 is 0 Å². The molecule has 0 saturated carbocycles. The van der Waals surface area contributed by atoms with Crippen LogP contribution in [0.1, 0.15) is 0 Å². The van der Waals surface area contributed by atoms with Crippen molar-refractivity contribution in [2.45, 2.75) is 0 Å². The summed E-state index contributed by atoms with van der Waals surface area (Å²) in [5.41, 5.74) is 0. The van der Waals surface area contributed by atoms with Gasteiger partial charge in [0.15, 0.2) is 0 Å². The molecule has 0 aliphatic carbocycles. The number of hydrogen-bond acceptors (Lipinski definition) is 4. The molecule has 0 amide bonds. The molecule has 0 aliphatic heterocycles. The second-order valence-electron chi connectivity index (χ2n) is 0.396. The summed E-state index contributed by atoms with van der Waals surface area (Å²) in [6.07, 6.45) is 0. The zero-order valence-corrected chi connectivity index (χ0v) is 3.81. The molecule has 0 unspecified atom stereocenters. The molecule has 0 aromatic rings. The minimum absolute atomic E-state index is 0. The van der Waals surface area contributed by atoms with Crippen LogP contribution in [0.4, 0.5) is 0 Å². The maximum absolute atomic E-state index is 8.60. The van der Waals surface area contributed by atoms with E-state index in [4.69, 9.17) is 18.6 Å². The Hall–Kier alpha value is 0.727. The fourth-order valence-electron chi connectivity index (χ4n) is 0. The summed E-state index contributed by atoms with van der Waals surface area (Å²) >= 11 is 0. The van der Waals surface area contributed by atoms with Crippen molar-refractivity contribution in [1.82, 2.24) is 0 Å². The van der Waals surface area contributed by atoms with Gasteiger partial charge in [-0.05, 0) is 0 Å². The first-order chi connectivity index (χ1) is 2.00. The Morgan fingerprint density at radius 3 is 1.17 bits per heavy atom. The third-order valence-corrected chi connectivity index (χ3v) is 0. The molecule has 32 valence electrons. The number of halogens is 1. The molecule has 0 aromatic heterocycles. The average Bonchev–Trinajstić information content (AvgIpc) is 0.722. The van der Waals surface area contributed by atoms with E-state index < -0.39 is 10.2 Å². The summed E-state index contributed by atoms with van der Waals surface area (Å²) in [5.74, 6) is 0. The summed E-state index contributed by atoms with van der Waals surface area (Å²) < 4.78 is 32.7. The van der Waals surface area contributed by atoms with E-state index >= 15 is 0 Å². The van der Waals surface area contributed by atoms with E-state index in [1.165, 1.54) is 0 Å². The Morgan fingerprint density at radius 1 is 1.17 bits per heavy atom. The molecule has 0 rings (SSSR count). The van der Waals surface area contributed by atoms with E-state index in [0.29, 0.717) is 0 Å². The molecule has 0 bridgehead atoms. The molecule has 0 heterocycles. The van der Waals surface area contributed by atoms with Gasteiger partial charge in [0.05, 0.1) is 14.9 Å². The molecule has 4 nitrogen and oxygen atoms in total. The molecule has 0 fully saturated rings. The van der Waals surface area contributed by atoms with Gasteiger partial charge < -0.3 is 0 Å². The molecule has 1 N–H and O–H groups in total.